The lowest BCUT2D eigenvalue weighted by molar-refractivity contribution is 0.884. The van der Waals surface area contributed by atoms with Crippen LogP contribution in [0.5, 0.6) is 0 Å². The molecule has 0 aromatic heterocycles. The molecule has 0 bridgehead atoms. The minimum atomic E-state index is -0.865. The van der Waals surface area contributed by atoms with Gasteiger partial charge in [-0.25, -0.2) is 0 Å². The van der Waals surface area contributed by atoms with Crippen LogP contribution in [0, 0.1) is 0 Å². The molecule has 0 saturated heterocycles. The standard InChI is InChI=1S/C12H28SSi/c1-4-9-14(10-5-2,11-6-3)12-7-8-13/h13H,4-12H2,1-3H3. The maximum atomic E-state index is 4.36. The summed E-state index contributed by atoms with van der Waals surface area (Å²) in [6.45, 7) is 7.06. The Morgan fingerprint density at radius 2 is 1.21 bits per heavy atom. The molecular formula is C12H28SSi. The van der Waals surface area contributed by atoms with Gasteiger partial charge in [0.2, 0.25) is 0 Å². The van der Waals surface area contributed by atoms with Crippen LogP contribution in [0.15, 0.2) is 0 Å². The largest absolute Gasteiger partial charge is 0.179 e. The Labute approximate surface area is 97.3 Å². The fourth-order valence-electron chi connectivity index (χ4n) is 2.80. The van der Waals surface area contributed by atoms with Crippen LogP contribution in [-0.2, 0) is 0 Å². The van der Waals surface area contributed by atoms with Crippen LogP contribution >= 0.6 is 12.6 Å². The van der Waals surface area contributed by atoms with E-state index in [0.29, 0.717) is 0 Å². The second-order valence-electron chi connectivity index (χ2n) is 4.58. The molecule has 0 radical (unpaired) electrons. The molecule has 0 aliphatic carbocycles. The summed E-state index contributed by atoms with van der Waals surface area (Å²) in [5.41, 5.74) is 0. The van der Waals surface area contributed by atoms with Gasteiger partial charge in [0.15, 0.2) is 0 Å². The molecule has 86 valence electrons. The highest BCUT2D eigenvalue weighted by Crippen LogP contribution is 2.31. The Morgan fingerprint density at radius 3 is 1.50 bits per heavy atom. The highest BCUT2D eigenvalue weighted by Gasteiger charge is 2.28. The van der Waals surface area contributed by atoms with E-state index in [4.69, 9.17) is 0 Å². The summed E-state index contributed by atoms with van der Waals surface area (Å²) >= 11 is 4.36. The molecule has 0 unspecified atom stereocenters. The van der Waals surface area contributed by atoms with Gasteiger partial charge in [0.1, 0.15) is 0 Å². The van der Waals surface area contributed by atoms with E-state index in [1.807, 2.05) is 0 Å². The molecule has 0 atom stereocenters. The Kier molecular flexibility index (Phi) is 9.20. The molecule has 0 spiro atoms. The van der Waals surface area contributed by atoms with Gasteiger partial charge in [-0.2, -0.15) is 12.6 Å². The lowest BCUT2D eigenvalue weighted by Gasteiger charge is -2.31. The molecule has 0 aliphatic heterocycles. The van der Waals surface area contributed by atoms with Gasteiger partial charge in [-0.1, -0.05) is 64.2 Å². The number of hydrogen-bond donors (Lipinski definition) is 1. The summed E-state index contributed by atoms with van der Waals surface area (Å²) in [6, 6.07) is 6.21. The summed E-state index contributed by atoms with van der Waals surface area (Å²) in [5.74, 6) is 1.09. The second kappa shape index (κ2) is 8.84. The van der Waals surface area contributed by atoms with Crippen LogP contribution in [0.4, 0.5) is 0 Å². The van der Waals surface area contributed by atoms with Crippen LogP contribution in [0.25, 0.3) is 0 Å². The fourth-order valence-corrected chi connectivity index (χ4v) is 8.86. The van der Waals surface area contributed by atoms with E-state index in [9.17, 15) is 0 Å². The lowest BCUT2D eigenvalue weighted by Crippen LogP contribution is -2.33. The summed E-state index contributed by atoms with van der Waals surface area (Å²) < 4.78 is 0. The van der Waals surface area contributed by atoms with Crippen molar-refractivity contribution in [2.45, 2.75) is 70.6 Å². The molecule has 0 amide bonds. The van der Waals surface area contributed by atoms with Gasteiger partial charge in [0.05, 0.1) is 8.07 Å². The molecule has 14 heavy (non-hydrogen) atoms. The zero-order valence-electron chi connectivity index (χ0n) is 10.3. The van der Waals surface area contributed by atoms with Crippen molar-refractivity contribution in [3.05, 3.63) is 0 Å². The van der Waals surface area contributed by atoms with Crippen LogP contribution in [0.3, 0.4) is 0 Å². The predicted octanol–water partition coefficient (Wildman–Crippen LogP) is 4.99. The van der Waals surface area contributed by atoms with Crippen molar-refractivity contribution in [3.8, 4) is 0 Å². The fraction of sp³-hybridized carbons (Fsp3) is 1.00. The third kappa shape index (κ3) is 5.45. The van der Waals surface area contributed by atoms with Gasteiger partial charge < -0.3 is 0 Å². The summed E-state index contributed by atoms with van der Waals surface area (Å²) in [5, 5.41) is 0. The van der Waals surface area contributed by atoms with Gasteiger partial charge >= 0.3 is 0 Å². The van der Waals surface area contributed by atoms with Crippen molar-refractivity contribution < 1.29 is 0 Å². The molecule has 0 aliphatic rings. The normalized spacial score (nSPS) is 12.0. The van der Waals surface area contributed by atoms with Crippen molar-refractivity contribution >= 4 is 20.7 Å². The van der Waals surface area contributed by atoms with E-state index in [-0.39, 0.29) is 0 Å². The van der Waals surface area contributed by atoms with Crippen LogP contribution in [0.1, 0.15) is 46.5 Å². The molecule has 0 aromatic carbocycles. The number of thiol groups is 1. The van der Waals surface area contributed by atoms with Crippen molar-refractivity contribution in [3.63, 3.8) is 0 Å². The van der Waals surface area contributed by atoms with E-state index in [0.717, 1.165) is 5.75 Å². The first-order valence-electron chi connectivity index (χ1n) is 6.35. The maximum Gasteiger partial charge on any atom is 0.0535 e. The van der Waals surface area contributed by atoms with E-state index < -0.39 is 8.07 Å². The average molecular weight is 233 g/mol. The molecule has 0 heterocycles. The van der Waals surface area contributed by atoms with Crippen LogP contribution < -0.4 is 0 Å². The third-order valence-electron chi connectivity index (χ3n) is 3.21. The van der Waals surface area contributed by atoms with Crippen LogP contribution in [0.2, 0.25) is 24.2 Å². The Hall–Kier alpha value is 0.567. The summed E-state index contributed by atoms with van der Waals surface area (Å²) in [6.07, 6.45) is 5.56. The first-order chi connectivity index (χ1) is 6.74. The molecule has 0 saturated carbocycles. The zero-order valence-corrected chi connectivity index (χ0v) is 12.2. The SMILES string of the molecule is CCC[Si](CCC)(CCC)CCCS. The quantitative estimate of drug-likeness (QED) is 0.420. The Bertz CT molecular complexity index is 108. The first-order valence-corrected chi connectivity index (χ1v) is 9.81. The van der Waals surface area contributed by atoms with Crippen LogP contribution in [-0.4, -0.2) is 13.8 Å². The molecule has 0 N–H and O–H groups in total. The highest BCUT2D eigenvalue weighted by molar-refractivity contribution is 7.80. The molecule has 0 aromatic rings. The third-order valence-corrected chi connectivity index (χ3v) is 9.62. The summed E-state index contributed by atoms with van der Waals surface area (Å²) in [7, 11) is -0.865. The first kappa shape index (κ1) is 14.6. The monoisotopic (exact) mass is 232 g/mol. The van der Waals surface area contributed by atoms with Crippen molar-refractivity contribution in [1.29, 1.82) is 0 Å². The van der Waals surface area contributed by atoms with Crippen molar-refractivity contribution in [2.75, 3.05) is 5.75 Å². The van der Waals surface area contributed by atoms with Gasteiger partial charge in [-0.05, 0) is 12.2 Å². The number of hydrogen-bond acceptors (Lipinski definition) is 1. The molecule has 0 fully saturated rings. The molecule has 2 heteroatoms. The average Bonchev–Trinajstić information content (AvgIpc) is 2.16. The lowest BCUT2D eigenvalue weighted by atomic mass is 10.5. The molecular weight excluding hydrogens is 204 g/mol. The van der Waals surface area contributed by atoms with Gasteiger partial charge in [-0.15, -0.1) is 0 Å². The van der Waals surface area contributed by atoms with E-state index in [1.54, 1.807) is 18.1 Å². The van der Waals surface area contributed by atoms with E-state index in [2.05, 4.69) is 33.4 Å². The van der Waals surface area contributed by atoms with Crippen molar-refractivity contribution in [1.82, 2.24) is 0 Å². The highest BCUT2D eigenvalue weighted by atomic mass is 32.1. The van der Waals surface area contributed by atoms with E-state index in [1.165, 1.54) is 31.7 Å². The predicted molar refractivity (Wildman–Crippen MR) is 74.3 cm³/mol. The smallest absolute Gasteiger partial charge is 0.0535 e. The molecule has 0 nitrogen and oxygen atoms in total. The second-order valence-corrected chi connectivity index (χ2v) is 10.0. The maximum absolute atomic E-state index is 4.36. The summed E-state index contributed by atoms with van der Waals surface area (Å²) in [4.78, 5) is 0. The number of rotatable bonds is 9. The van der Waals surface area contributed by atoms with Crippen molar-refractivity contribution in [2.24, 2.45) is 0 Å². The Morgan fingerprint density at radius 1 is 0.786 bits per heavy atom. The van der Waals surface area contributed by atoms with Gasteiger partial charge in [0.25, 0.3) is 0 Å². The van der Waals surface area contributed by atoms with Gasteiger partial charge in [-0.3, -0.25) is 0 Å². The zero-order chi connectivity index (χ0) is 10.9. The minimum absolute atomic E-state index is 0.865. The van der Waals surface area contributed by atoms with E-state index >= 15 is 0 Å². The topological polar surface area (TPSA) is 0 Å². The van der Waals surface area contributed by atoms with Gasteiger partial charge in [0, 0.05) is 0 Å². The molecule has 0 rings (SSSR count). The Balaban J connectivity index is 4.21. The minimum Gasteiger partial charge on any atom is -0.179 e.